The molecule has 2 aromatic rings. The quantitative estimate of drug-likeness (QED) is 0.765. The highest BCUT2D eigenvalue weighted by atomic mass is 35.5. The number of amides is 1. The summed E-state index contributed by atoms with van der Waals surface area (Å²) >= 11 is 11.9. The fourth-order valence-electron chi connectivity index (χ4n) is 2.86. The molecule has 10 heteroatoms. The largest absolute Gasteiger partial charge is 0.325 e. The Kier molecular flexibility index (Phi) is 6.26. The first-order valence-electron chi connectivity index (χ1n) is 8.42. The predicted octanol–water partition coefficient (Wildman–Crippen LogP) is 3.44. The van der Waals surface area contributed by atoms with Crippen LogP contribution in [0.5, 0.6) is 0 Å². The summed E-state index contributed by atoms with van der Waals surface area (Å²) in [4.78, 5) is 12.3. The third-order valence-corrected chi connectivity index (χ3v) is 6.92. The van der Waals surface area contributed by atoms with Gasteiger partial charge < -0.3 is 5.32 Å². The molecular weight excluding hydrogens is 428 g/mol. The summed E-state index contributed by atoms with van der Waals surface area (Å²) in [6.45, 7) is 1.88. The Labute approximate surface area is 173 Å². The molecular formula is C18H18Cl2FN3O3S. The molecule has 1 fully saturated rings. The topological polar surface area (TPSA) is 69.7 Å². The van der Waals surface area contributed by atoms with Crippen LogP contribution in [0.1, 0.15) is 11.1 Å². The van der Waals surface area contributed by atoms with Gasteiger partial charge in [-0.1, -0.05) is 35.3 Å². The van der Waals surface area contributed by atoms with Crippen molar-refractivity contribution >= 4 is 45.0 Å². The zero-order valence-corrected chi connectivity index (χ0v) is 17.3. The number of carbonyl (C=O) groups is 1. The minimum Gasteiger partial charge on any atom is -0.325 e. The number of benzene rings is 2. The van der Waals surface area contributed by atoms with Gasteiger partial charge >= 0.3 is 0 Å². The van der Waals surface area contributed by atoms with Gasteiger partial charge in [-0.05, 0) is 42.3 Å². The van der Waals surface area contributed by atoms with Gasteiger partial charge in [0.2, 0.25) is 5.91 Å². The van der Waals surface area contributed by atoms with Crippen molar-refractivity contribution in [2.45, 2.75) is 13.5 Å². The molecule has 1 aliphatic rings. The lowest BCUT2D eigenvalue weighted by atomic mass is 10.2. The van der Waals surface area contributed by atoms with E-state index in [1.54, 1.807) is 18.2 Å². The average molecular weight is 446 g/mol. The lowest BCUT2D eigenvalue weighted by molar-refractivity contribution is -0.116. The summed E-state index contributed by atoms with van der Waals surface area (Å²) in [5.74, 6) is -0.955. The molecule has 3 rings (SSSR count). The molecule has 0 spiro atoms. The lowest BCUT2D eigenvalue weighted by Crippen LogP contribution is -2.38. The minimum atomic E-state index is -3.83. The van der Waals surface area contributed by atoms with Gasteiger partial charge in [-0.3, -0.25) is 4.79 Å². The zero-order chi connectivity index (χ0) is 20.5. The number of aryl methyl sites for hydroxylation is 1. The lowest BCUT2D eigenvalue weighted by Gasteiger charge is -2.19. The third kappa shape index (κ3) is 4.64. The van der Waals surface area contributed by atoms with Crippen LogP contribution in [0.2, 0.25) is 10.0 Å². The number of carbonyl (C=O) groups excluding carboxylic acids is 1. The molecule has 0 aliphatic carbocycles. The SMILES string of the molecule is Cc1ccc(Cl)cc1NC(=O)CN1CCN(Cc2ccc(F)cc2Cl)S1(=O)=O. The first-order chi connectivity index (χ1) is 13.2. The molecule has 0 bridgehead atoms. The van der Waals surface area contributed by atoms with Crippen LogP contribution in [0, 0.1) is 12.7 Å². The molecule has 0 radical (unpaired) electrons. The molecule has 1 aliphatic heterocycles. The summed E-state index contributed by atoms with van der Waals surface area (Å²) in [5.41, 5.74) is 1.84. The standard InChI is InChI=1S/C18H18Cl2FN3O3S/c1-12-2-4-14(19)8-17(12)22-18(25)11-24-7-6-23(28(24,26)27)10-13-3-5-15(21)9-16(13)20/h2-5,8-9H,6-7,10-11H2,1H3,(H,22,25). The second-order valence-electron chi connectivity index (χ2n) is 6.42. The van der Waals surface area contributed by atoms with Crippen molar-refractivity contribution in [1.82, 2.24) is 8.61 Å². The van der Waals surface area contributed by atoms with E-state index in [0.29, 0.717) is 16.3 Å². The van der Waals surface area contributed by atoms with E-state index < -0.39 is 21.9 Å². The molecule has 1 saturated heterocycles. The van der Waals surface area contributed by atoms with Crippen molar-refractivity contribution in [3.8, 4) is 0 Å². The normalized spacial score (nSPS) is 17.0. The Hall–Kier alpha value is -1.71. The highest BCUT2D eigenvalue weighted by Crippen LogP contribution is 2.25. The summed E-state index contributed by atoms with van der Waals surface area (Å²) in [6.07, 6.45) is 0. The third-order valence-electron chi connectivity index (χ3n) is 4.41. The van der Waals surface area contributed by atoms with E-state index in [1.165, 1.54) is 16.4 Å². The number of hydrogen-bond acceptors (Lipinski definition) is 3. The molecule has 1 N–H and O–H groups in total. The van der Waals surface area contributed by atoms with Gasteiger partial charge in [-0.15, -0.1) is 0 Å². The highest BCUT2D eigenvalue weighted by molar-refractivity contribution is 7.87. The Morgan fingerprint density at radius 1 is 1.14 bits per heavy atom. The molecule has 2 aromatic carbocycles. The van der Waals surface area contributed by atoms with Crippen molar-refractivity contribution in [2.75, 3.05) is 25.0 Å². The first-order valence-corrected chi connectivity index (χ1v) is 10.6. The summed E-state index contributed by atoms with van der Waals surface area (Å²) in [6, 6.07) is 8.88. The Morgan fingerprint density at radius 3 is 2.57 bits per heavy atom. The highest BCUT2D eigenvalue weighted by Gasteiger charge is 2.37. The second-order valence-corrected chi connectivity index (χ2v) is 9.19. The Bertz CT molecular complexity index is 1020. The smallest absolute Gasteiger partial charge is 0.282 e. The van der Waals surface area contributed by atoms with Gasteiger partial charge in [0.15, 0.2) is 0 Å². The maximum Gasteiger partial charge on any atom is 0.282 e. The molecule has 1 amide bonds. The fourth-order valence-corrected chi connectivity index (χ4v) is 4.79. The van der Waals surface area contributed by atoms with Crippen LogP contribution in [-0.2, 0) is 21.5 Å². The van der Waals surface area contributed by atoms with E-state index in [0.717, 1.165) is 15.9 Å². The van der Waals surface area contributed by atoms with E-state index in [2.05, 4.69) is 5.32 Å². The second kappa shape index (κ2) is 8.34. The van der Waals surface area contributed by atoms with Crippen molar-refractivity contribution in [3.63, 3.8) is 0 Å². The van der Waals surface area contributed by atoms with Crippen molar-refractivity contribution in [1.29, 1.82) is 0 Å². The minimum absolute atomic E-state index is 0.00691. The van der Waals surface area contributed by atoms with Crippen LogP contribution in [0.4, 0.5) is 10.1 Å². The molecule has 1 heterocycles. The summed E-state index contributed by atoms with van der Waals surface area (Å²) < 4.78 is 40.9. The van der Waals surface area contributed by atoms with Crippen molar-refractivity contribution in [2.24, 2.45) is 0 Å². The molecule has 0 aromatic heterocycles. The van der Waals surface area contributed by atoms with Crippen LogP contribution >= 0.6 is 23.2 Å². The van der Waals surface area contributed by atoms with E-state index in [9.17, 15) is 17.6 Å². The summed E-state index contributed by atoms with van der Waals surface area (Å²) in [7, 11) is -3.83. The Balaban J connectivity index is 1.67. The zero-order valence-electron chi connectivity index (χ0n) is 15.0. The number of nitrogens with zero attached hydrogens (tertiary/aromatic N) is 2. The monoisotopic (exact) mass is 445 g/mol. The molecule has 0 unspecified atom stereocenters. The van der Waals surface area contributed by atoms with Crippen LogP contribution < -0.4 is 5.32 Å². The van der Waals surface area contributed by atoms with E-state index in [1.807, 2.05) is 6.92 Å². The molecule has 28 heavy (non-hydrogen) atoms. The molecule has 150 valence electrons. The van der Waals surface area contributed by atoms with Gasteiger partial charge in [-0.2, -0.15) is 17.0 Å². The van der Waals surface area contributed by atoms with Gasteiger partial charge in [0.1, 0.15) is 5.82 Å². The van der Waals surface area contributed by atoms with Crippen molar-refractivity contribution in [3.05, 3.63) is 63.4 Å². The number of halogens is 3. The van der Waals surface area contributed by atoms with E-state index >= 15 is 0 Å². The maximum absolute atomic E-state index is 13.2. The summed E-state index contributed by atoms with van der Waals surface area (Å²) in [5, 5.41) is 3.31. The maximum atomic E-state index is 13.2. The number of anilines is 1. The van der Waals surface area contributed by atoms with Gasteiger partial charge in [-0.25, -0.2) is 4.39 Å². The predicted molar refractivity (Wildman–Crippen MR) is 107 cm³/mol. The van der Waals surface area contributed by atoms with Crippen LogP contribution in [-0.4, -0.2) is 42.6 Å². The number of hydrogen-bond donors (Lipinski definition) is 1. The molecule has 0 atom stereocenters. The molecule has 0 saturated carbocycles. The number of rotatable bonds is 5. The van der Waals surface area contributed by atoms with Crippen LogP contribution in [0.25, 0.3) is 0 Å². The van der Waals surface area contributed by atoms with Crippen molar-refractivity contribution < 1.29 is 17.6 Å². The van der Waals surface area contributed by atoms with Gasteiger partial charge in [0.05, 0.1) is 6.54 Å². The fraction of sp³-hybridized carbons (Fsp3) is 0.278. The van der Waals surface area contributed by atoms with Crippen LogP contribution in [0.15, 0.2) is 36.4 Å². The average Bonchev–Trinajstić information content (AvgIpc) is 2.88. The molecule has 6 nitrogen and oxygen atoms in total. The first kappa shape index (κ1) is 21.0. The van der Waals surface area contributed by atoms with Crippen LogP contribution in [0.3, 0.4) is 0 Å². The van der Waals surface area contributed by atoms with Gasteiger partial charge in [0, 0.05) is 35.4 Å². The van der Waals surface area contributed by atoms with E-state index in [-0.39, 0.29) is 31.2 Å². The van der Waals surface area contributed by atoms with Gasteiger partial charge in [0.25, 0.3) is 10.2 Å². The van der Waals surface area contributed by atoms with E-state index in [4.69, 9.17) is 23.2 Å². The Morgan fingerprint density at radius 2 is 1.86 bits per heavy atom. The number of nitrogens with one attached hydrogen (secondary N) is 1.